The average molecular weight is 381 g/mol. The number of imidazole rings is 1. The Bertz CT molecular complexity index is 1140. The monoisotopic (exact) mass is 381 g/mol. The summed E-state index contributed by atoms with van der Waals surface area (Å²) >= 11 is 1.54. The molecule has 5 nitrogen and oxygen atoms in total. The molecule has 0 N–H and O–H groups in total. The van der Waals surface area contributed by atoms with Crippen molar-refractivity contribution >= 4 is 32.4 Å². The average Bonchev–Trinajstić information content (AvgIpc) is 3.26. The van der Waals surface area contributed by atoms with Crippen molar-refractivity contribution in [2.45, 2.75) is 0 Å². The van der Waals surface area contributed by atoms with Crippen LogP contribution in [0.4, 0.5) is 4.39 Å². The molecular formula is C20H16FN3O2S. The van der Waals surface area contributed by atoms with Crippen molar-refractivity contribution in [3.05, 3.63) is 60.0 Å². The normalized spacial score (nSPS) is 14.9. The summed E-state index contributed by atoms with van der Waals surface area (Å²) in [4.78, 5) is 20.0. The number of halogens is 1. The van der Waals surface area contributed by atoms with Crippen LogP contribution in [-0.4, -0.2) is 46.5 Å². The first-order valence-electron chi connectivity index (χ1n) is 8.74. The second kappa shape index (κ2) is 6.44. The Hall–Kier alpha value is -2.77. The molecule has 1 saturated heterocycles. The molecule has 2 aromatic heterocycles. The molecule has 0 atom stereocenters. The summed E-state index contributed by atoms with van der Waals surface area (Å²) in [5.41, 5.74) is 3.37. The van der Waals surface area contributed by atoms with Gasteiger partial charge in [0.05, 0.1) is 29.1 Å². The molecule has 3 heterocycles. The third-order valence-corrected chi connectivity index (χ3v) is 5.80. The van der Waals surface area contributed by atoms with Crippen LogP contribution in [0, 0.1) is 5.82 Å². The Balaban J connectivity index is 1.51. The van der Waals surface area contributed by atoms with E-state index >= 15 is 0 Å². The lowest BCUT2D eigenvalue weighted by atomic mass is 10.1. The molecule has 1 amide bonds. The molecule has 0 aliphatic carbocycles. The van der Waals surface area contributed by atoms with E-state index in [-0.39, 0.29) is 11.7 Å². The number of thiazole rings is 1. The van der Waals surface area contributed by atoms with Gasteiger partial charge in [0.25, 0.3) is 5.91 Å². The molecule has 0 radical (unpaired) electrons. The van der Waals surface area contributed by atoms with Crippen LogP contribution < -0.4 is 0 Å². The minimum atomic E-state index is -0.261. The number of carbonyl (C=O) groups excluding carboxylic acids is 1. The number of fused-ring (bicyclic) bond motifs is 3. The zero-order valence-corrected chi connectivity index (χ0v) is 15.2. The summed E-state index contributed by atoms with van der Waals surface area (Å²) < 4.78 is 21.5. The Morgan fingerprint density at radius 2 is 1.89 bits per heavy atom. The molecule has 7 heteroatoms. The highest BCUT2D eigenvalue weighted by Crippen LogP contribution is 2.30. The Kier molecular flexibility index (Phi) is 3.91. The number of carbonyl (C=O) groups is 1. The molecule has 0 unspecified atom stereocenters. The van der Waals surface area contributed by atoms with Gasteiger partial charge in [0.2, 0.25) is 0 Å². The number of aromatic nitrogens is 2. The molecule has 1 fully saturated rings. The van der Waals surface area contributed by atoms with Gasteiger partial charge in [-0.15, -0.1) is 0 Å². The second-order valence-corrected chi connectivity index (χ2v) is 7.48. The van der Waals surface area contributed by atoms with Gasteiger partial charge in [-0.05, 0) is 42.5 Å². The number of rotatable bonds is 2. The lowest BCUT2D eigenvalue weighted by Gasteiger charge is -2.26. The molecule has 27 heavy (non-hydrogen) atoms. The molecule has 5 rings (SSSR count). The number of ether oxygens (including phenoxy) is 1. The molecule has 1 aliphatic heterocycles. The lowest BCUT2D eigenvalue weighted by molar-refractivity contribution is 0.0303. The van der Waals surface area contributed by atoms with Gasteiger partial charge >= 0.3 is 0 Å². The quantitative estimate of drug-likeness (QED) is 0.530. The van der Waals surface area contributed by atoms with Gasteiger partial charge in [-0.1, -0.05) is 11.3 Å². The summed E-state index contributed by atoms with van der Waals surface area (Å²) in [6.45, 7) is 2.44. The van der Waals surface area contributed by atoms with Crippen molar-refractivity contribution in [2.24, 2.45) is 0 Å². The molecule has 0 spiro atoms. The van der Waals surface area contributed by atoms with Crippen LogP contribution in [0.5, 0.6) is 0 Å². The maximum Gasteiger partial charge on any atom is 0.254 e. The summed E-state index contributed by atoms with van der Waals surface area (Å²) in [6, 6.07) is 12.1. The predicted molar refractivity (Wildman–Crippen MR) is 103 cm³/mol. The molecule has 2 aromatic carbocycles. The van der Waals surface area contributed by atoms with Crippen LogP contribution >= 0.6 is 11.3 Å². The third-order valence-electron chi connectivity index (χ3n) is 4.78. The van der Waals surface area contributed by atoms with Crippen LogP contribution in [0.1, 0.15) is 10.4 Å². The van der Waals surface area contributed by atoms with Crippen molar-refractivity contribution in [3.63, 3.8) is 0 Å². The molecule has 0 bridgehead atoms. The number of amides is 1. The fourth-order valence-corrected chi connectivity index (χ4v) is 4.39. The minimum absolute atomic E-state index is 0.0400. The van der Waals surface area contributed by atoms with Gasteiger partial charge in [0.15, 0.2) is 4.96 Å². The number of hydrogen-bond donors (Lipinski definition) is 0. The number of morpholine rings is 1. The van der Waals surface area contributed by atoms with E-state index in [0.29, 0.717) is 31.9 Å². The zero-order chi connectivity index (χ0) is 18.4. The summed E-state index contributed by atoms with van der Waals surface area (Å²) in [5, 5.41) is 0. The van der Waals surface area contributed by atoms with E-state index in [1.807, 2.05) is 33.7 Å². The Labute approximate surface area is 158 Å². The highest BCUT2D eigenvalue weighted by molar-refractivity contribution is 7.23. The van der Waals surface area contributed by atoms with Crippen molar-refractivity contribution < 1.29 is 13.9 Å². The van der Waals surface area contributed by atoms with E-state index in [1.165, 1.54) is 12.1 Å². The van der Waals surface area contributed by atoms with E-state index in [0.717, 1.165) is 26.4 Å². The predicted octanol–water partition coefficient (Wildman–Crippen LogP) is 3.83. The Morgan fingerprint density at radius 1 is 1.11 bits per heavy atom. The lowest BCUT2D eigenvalue weighted by Crippen LogP contribution is -2.40. The van der Waals surface area contributed by atoms with Crippen LogP contribution in [0.2, 0.25) is 0 Å². The maximum absolute atomic E-state index is 13.1. The van der Waals surface area contributed by atoms with Gasteiger partial charge in [0.1, 0.15) is 5.82 Å². The van der Waals surface area contributed by atoms with Crippen LogP contribution in [0.15, 0.2) is 48.7 Å². The van der Waals surface area contributed by atoms with Crippen molar-refractivity contribution in [3.8, 4) is 11.3 Å². The highest BCUT2D eigenvalue weighted by Gasteiger charge is 2.19. The van der Waals surface area contributed by atoms with Gasteiger partial charge < -0.3 is 9.64 Å². The van der Waals surface area contributed by atoms with Crippen molar-refractivity contribution in [2.75, 3.05) is 26.3 Å². The topological polar surface area (TPSA) is 46.8 Å². The maximum atomic E-state index is 13.1. The minimum Gasteiger partial charge on any atom is -0.378 e. The molecular weight excluding hydrogens is 365 g/mol. The summed E-state index contributed by atoms with van der Waals surface area (Å²) in [5.74, 6) is -0.221. The summed E-state index contributed by atoms with van der Waals surface area (Å²) in [7, 11) is 0. The van der Waals surface area contributed by atoms with Crippen LogP contribution in [0.3, 0.4) is 0 Å². The summed E-state index contributed by atoms with van der Waals surface area (Å²) in [6.07, 6.45) is 1.95. The molecule has 136 valence electrons. The van der Waals surface area contributed by atoms with E-state index in [4.69, 9.17) is 4.74 Å². The van der Waals surface area contributed by atoms with Gasteiger partial charge in [0, 0.05) is 30.4 Å². The molecule has 0 saturated carbocycles. The standard InChI is InChI=1S/C20H16FN3O2S/c21-15-4-1-13(2-5-15)16-12-24-17-6-3-14(11-18(17)27-20(24)22-16)19(25)23-7-9-26-10-8-23/h1-6,11-12H,7-10H2. The fourth-order valence-electron chi connectivity index (χ4n) is 3.34. The second-order valence-electron chi connectivity index (χ2n) is 6.47. The Morgan fingerprint density at radius 3 is 2.67 bits per heavy atom. The van der Waals surface area contributed by atoms with E-state index < -0.39 is 0 Å². The smallest absolute Gasteiger partial charge is 0.254 e. The number of benzene rings is 2. The van der Waals surface area contributed by atoms with Gasteiger partial charge in [-0.25, -0.2) is 9.37 Å². The van der Waals surface area contributed by atoms with Crippen LogP contribution in [0.25, 0.3) is 26.4 Å². The molecule has 4 aromatic rings. The van der Waals surface area contributed by atoms with Crippen LogP contribution in [-0.2, 0) is 4.74 Å². The highest BCUT2D eigenvalue weighted by atomic mass is 32.1. The number of hydrogen-bond acceptors (Lipinski definition) is 4. The fraction of sp³-hybridized carbons (Fsp3) is 0.200. The first-order valence-corrected chi connectivity index (χ1v) is 9.55. The third kappa shape index (κ3) is 2.89. The first kappa shape index (κ1) is 16.4. The zero-order valence-electron chi connectivity index (χ0n) is 14.4. The molecule has 1 aliphatic rings. The van der Waals surface area contributed by atoms with E-state index in [1.54, 1.807) is 23.5 Å². The first-order chi connectivity index (χ1) is 13.2. The van der Waals surface area contributed by atoms with E-state index in [9.17, 15) is 9.18 Å². The van der Waals surface area contributed by atoms with Gasteiger partial charge in [-0.3, -0.25) is 9.20 Å². The number of nitrogens with zero attached hydrogens (tertiary/aromatic N) is 3. The van der Waals surface area contributed by atoms with E-state index in [2.05, 4.69) is 4.98 Å². The SMILES string of the molecule is O=C(c1ccc2c(c1)sc1nc(-c3ccc(F)cc3)cn12)N1CCOCC1. The largest absolute Gasteiger partial charge is 0.378 e. The van der Waals surface area contributed by atoms with Crippen molar-refractivity contribution in [1.82, 2.24) is 14.3 Å². The van der Waals surface area contributed by atoms with Gasteiger partial charge in [-0.2, -0.15) is 0 Å². The van der Waals surface area contributed by atoms with Crippen molar-refractivity contribution in [1.29, 1.82) is 0 Å².